The Morgan fingerprint density at radius 1 is 0.923 bits per heavy atom. The molecule has 5 atom stereocenters. The Morgan fingerprint density at radius 2 is 1.50 bits per heavy atom. The quantitative estimate of drug-likeness (QED) is 0.573. The Hall–Kier alpha value is -1.22. The van der Waals surface area contributed by atoms with E-state index in [9.17, 15) is 4.79 Å². The van der Waals surface area contributed by atoms with Crippen LogP contribution < -0.4 is 4.74 Å². The molecule has 0 aliphatic carbocycles. The van der Waals surface area contributed by atoms with Crippen molar-refractivity contribution in [3.8, 4) is 5.75 Å². The van der Waals surface area contributed by atoms with Gasteiger partial charge in [0.1, 0.15) is 24.1 Å². The fourth-order valence-corrected chi connectivity index (χ4v) is 3.60. The van der Waals surface area contributed by atoms with Crippen LogP contribution in [0.4, 0.5) is 0 Å². The highest BCUT2D eigenvalue weighted by molar-refractivity contribution is 6.30. The fraction of sp³-hybridized carbons (Fsp3) is 0.611. The molecule has 1 aromatic rings. The monoisotopic (exact) mass is 384 g/mol. The molecule has 3 saturated heterocycles. The summed E-state index contributed by atoms with van der Waals surface area (Å²) in [4.78, 5) is 12.7. The van der Waals surface area contributed by atoms with Gasteiger partial charge in [-0.15, -0.1) is 0 Å². The summed E-state index contributed by atoms with van der Waals surface area (Å²) in [7, 11) is 0. The van der Waals surface area contributed by atoms with Crippen LogP contribution in [0, 0.1) is 0 Å². The smallest absolute Gasteiger partial charge is 0.343 e. The van der Waals surface area contributed by atoms with E-state index < -0.39 is 48.2 Å². The third kappa shape index (κ3) is 3.35. The number of fused-ring (bicyclic) bond motifs is 3. The summed E-state index contributed by atoms with van der Waals surface area (Å²) in [6.45, 7) is 7.13. The zero-order valence-electron chi connectivity index (χ0n) is 14.9. The van der Waals surface area contributed by atoms with E-state index in [1.54, 1.807) is 52.0 Å². The summed E-state index contributed by atoms with van der Waals surface area (Å²) in [5, 5.41) is 0.551. The maximum atomic E-state index is 12.7. The van der Waals surface area contributed by atoms with Crippen molar-refractivity contribution in [1.29, 1.82) is 0 Å². The highest BCUT2D eigenvalue weighted by Gasteiger charge is 2.62. The number of carbonyl (C=O) groups excluding carboxylic acids is 1. The molecule has 7 nitrogen and oxygen atoms in total. The number of hydrogen-bond acceptors (Lipinski definition) is 7. The number of esters is 1. The number of hydrogen-bond donors (Lipinski definition) is 0. The minimum atomic E-state index is -1.00. The lowest BCUT2D eigenvalue weighted by atomic mass is 9.99. The van der Waals surface area contributed by atoms with E-state index >= 15 is 0 Å². The van der Waals surface area contributed by atoms with Gasteiger partial charge in [0.25, 0.3) is 0 Å². The predicted octanol–water partition coefficient (Wildman–Crippen LogP) is 2.64. The van der Waals surface area contributed by atoms with Crippen LogP contribution in [0.1, 0.15) is 27.7 Å². The van der Waals surface area contributed by atoms with Crippen LogP contribution in [0.2, 0.25) is 5.02 Å². The summed E-state index contributed by atoms with van der Waals surface area (Å²) in [6.07, 6.45) is -3.41. The van der Waals surface area contributed by atoms with E-state index in [-0.39, 0.29) is 0 Å². The first-order valence-corrected chi connectivity index (χ1v) is 8.85. The molecule has 3 fully saturated rings. The summed E-state index contributed by atoms with van der Waals surface area (Å²) < 4.78 is 34.8. The minimum Gasteiger partial charge on any atom is -0.425 e. The van der Waals surface area contributed by atoms with E-state index in [1.807, 2.05) is 0 Å². The Kier molecular flexibility index (Phi) is 4.30. The van der Waals surface area contributed by atoms with Gasteiger partial charge >= 0.3 is 5.97 Å². The number of benzene rings is 1. The molecule has 26 heavy (non-hydrogen) atoms. The van der Waals surface area contributed by atoms with Crippen molar-refractivity contribution >= 4 is 17.6 Å². The topological polar surface area (TPSA) is 72.5 Å². The molecule has 0 spiro atoms. The number of halogens is 1. The Morgan fingerprint density at radius 3 is 2.19 bits per heavy atom. The molecule has 4 rings (SSSR count). The first kappa shape index (κ1) is 18.2. The van der Waals surface area contributed by atoms with E-state index in [2.05, 4.69) is 0 Å². The molecule has 3 aliphatic rings. The molecule has 0 N–H and O–H groups in total. The Bertz CT molecular complexity index is 702. The van der Waals surface area contributed by atoms with Gasteiger partial charge < -0.3 is 28.4 Å². The minimum absolute atomic E-state index is 0.365. The van der Waals surface area contributed by atoms with Crippen LogP contribution in [0.3, 0.4) is 0 Å². The van der Waals surface area contributed by atoms with Crippen LogP contribution in [0.15, 0.2) is 24.3 Å². The van der Waals surface area contributed by atoms with Crippen molar-refractivity contribution < 1.29 is 33.2 Å². The standard InChI is InChI=1S/C18H21ClO7/c1-17(2)23-11-12(24-17)14-16(26-18(3,4)25-14)22-13(11)15(20)21-10-7-5-9(19)6-8-10/h5-8,11-14,16H,1-4H3/t11-,12+,13-,14-,16+/m1/s1. The third-order valence-corrected chi connectivity index (χ3v) is 4.67. The molecule has 8 heteroatoms. The summed E-state index contributed by atoms with van der Waals surface area (Å²) >= 11 is 5.86. The van der Waals surface area contributed by atoms with Crippen molar-refractivity contribution in [3.63, 3.8) is 0 Å². The predicted molar refractivity (Wildman–Crippen MR) is 89.6 cm³/mol. The van der Waals surface area contributed by atoms with E-state index in [1.165, 1.54) is 0 Å². The van der Waals surface area contributed by atoms with Gasteiger partial charge in [0, 0.05) is 5.02 Å². The second-order valence-corrected chi connectivity index (χ2v) is 7.90. The lowest BCUT2D eigenvalue weighted by Gasteiger charge is -2.35. The third-order valence-electron chi connectivity index (χ3n) is 4.42. The van der Waals surface area contributed by atoms with Gasteiger partial charge in [0.05, 0.1) is 0 Å². The van der Waals surface area contributed by atoms with Gasteiger partial charge in [0.15, 0.2) is 24.0 Å². The lowest BCUT2D eigenvalue weighted by Crippen LogP contribution is -2.58. The molecule has 3 aliphatic heterocycles. The number of rotatable bonds is 2. The molecular weight excluding hydrogens is 364 g/mol. The van der Waals surface area contributed by atoms with Crippen molar-refractivity contribution in [3.05, 3.63) is 29.3 Å². The molecule has 0 unspecified atom stereocenters. The molecule has 0 amide bonds. The van der Waals surface area contributed by atoms with Crippen molar-refractivity contribution in [2.24, 2.45) is 0 Å². The molecule has 1 aromatic carbocycles. The average molecular weight is 385 g/mol. The van der Waals surface area contributed by atoms with E-state index in [0.717, 1.165) is 0 Å². The van der Waals surface area contributed by atoms with Crippen LogP contribution >= 0.6 is 11.6 Å². The van der Waals surface area contributed by atoms with Crippen LogP contribution in [0.25, 0.3) is 0 Å². The van der Waals surface area contributed by atoms with Crippen molar-refractivity contribution in [2.75, 3.05) is 0 Å². The number of carbonyl (C=O) groups is 1. The van der Waals surface area contributed by atoms with Crippen LogP contribution in [-0.2, 0) is 28.5 Å². The molecule has 0 bridgehead atoms. The van der Waals surface area contributed by atoms with E-state index in [4.69, 9.17) is 40.0 Å². The van der Waals surface area contributed by atoms with Crippen molar-refractivity contribution in [2.45, 2.75) is 70.0 Å². The van der Waals surface area contributed by atoms with Gasteiger partial charge in [-0.3, -0.25) is 0 Å². The van der Waals surface area contributed by atoms with Crippen molar-refractivity contribution in [1.82, 2.24) is 0 Å². The Balaban J connectivity index is 1.57. The van der Waals surface area contributed by atoms with Gasteiger partial charge in [-0.1, -0.05) is 11.6 Å². The van der Waals surface area contributed by atoms with Gasteiger partial charge in [-0.2, -0.15) is 0 Å². The SMILES string of the molecule is CC1(C)O[C@H]2[C@@H](O1)[C@H](C(=O)Oc1ccc(Cl)cc1)O[C@H]1OC(C)(C)O[C@@H]12. The summed E-state index contributed by atoms with van der Waals surface area (Å²) in [5.74, 6) is -1.94. The maximum absolute atomic E-state index is 12.7. The fourth-order valence-electron chi connectivity index (χ4n) is 3.48. The second-order valence-electron chi connectivity index (χ2n) is 7.47. The molecule has 142 valence electrons. The van der Waals surface area contributed by atoms with Gasteiger partial charge in [-0.25, -0.2) is 4.79 Å². The maximum Gasteiger partial charge on any atom is 0.343 e. The molecule has 3 heterocycles. The second kappa shape index (κ2) is 6.15. The van der Waals surface area contributed by atoms with Gasteiger partial charge in [-0.05, 0) is 52.0 Å². The molecular formula is C18H21ClO7. The zero-order chi connectivity index (χ0) is 18.7. The van der Waals surface area contributed by atoms with Gasteiger partial charge in [0.2, 0.25) is 0 Å². The average Bonchev–Trinajstić information content (AvgIpc) is 3.02. The van der Waals surface area contributed by atoms with Crippen LogP contribution in [0.5, 0.6) is 5.75 Å². The largest absolute Gasteiger partial charge is 0.425 e. The molecule has 0 aromatic heterocycles. The summed E-state index contributed by atoms with van der Waals surface area (Å²) in [5.41, 5.74) is 0. The summed E-state index contributed by atoms with van der Waals surface area (Å²) in [6, 6.07) is 6.49. The Labute approximate surface area is 156 Å². The first-order valence-electron chi connectivity index (χ1n) is 8.48. The molecule has 0 saturated carbocycles. The zero-order valence-corrected chi connectivity index (χ0v) is 15.7. The van der Waals surface area contributed by atoms with E-state index in [0.29, 0.717) is 10.8 Å². The number of ether oxygens (including phenoxy) is 6. The first-order chi connectivity index (χ1) is 12.1. The highest BCUT2D eigenvalue weighted by Crippen LogP contribution is 2.44. The normalized spacial score (nSPS) is 37.0. The lowest BCUT2D eigenvalue weighted by molar-refractivity contribution is -0.236. The highest BCUT2D eigenvalue weighted by atomic mass is 35.5. The molecule has 0 radical (unpaired) electrons. The van der Waals surface area contributed by atoms with Crippen LogP contribution in [-0.4, -0.2) is 48.2 Å².